The van der Waals surface area contributed by atoms with Crippen LogP contribution in [0.15, 0.2) is 30.5 Å². The zero-order valence-electron chi connectivity index (χ0n) is 17.8. The largest absolute Gasteiger partial charge is 0.347 e. The van der Waals surface area contributed by atoms with Gasteiger partial charge in [-0.25, -0.2) is 4.98 Å². The first-order valence-electron chi connectivity index (χ1n) is 12.3. The average molecular weight is 392 g/mol. The molecule has 3 heteroatoms. The molecule has 3 aliphatic carbocycles. The third-order valence-corrected chi connectivity index (χ3v) is 7.82. The van der Waals surface area contributed by atoms with Crippen molar-refractivity contribution in [1.82, 2.24) is 15.3 Å². The van der Waals surface area contributed by atoms with Crippen LogP contribution in [0.2, 0.25) is 0 Å². The molecule has 0 bridgehead atoms. The molecular formula is C26H37N3. The van der Waals surface area contributed by atoms with E-state index >= 15 is 0 Å². The summed E-state index contributed by atoms with van der Waals surface area (Å²) < 4.78 is 0. The minimum atomic E-state index is 0.399. The first-order chi connectivity index (χ1) is 14.4. The number of aromatic amines is 1. The van der Waals surface area contributed by atoms with Crippen LogP contribution in [0.3, 0.4) is 0 Å². The van der Waals surface area contributed by atoms with E-state index in [4.69, 9.17) is 4.98 Å². The highest BCUT2D eigenvalue weighted by atomic mass is 15.1. The molecular weight excluding hydrogens is 354 g/mol. The monoisotopic (exact) mass is 391 g/mol. The normalized spacial score (nSPS) is 23.0. The van der Waals surface area contributed by atoms with Crippen LogP contribution >= 0.6 is 0 Å². The lowest BCUT2D eigenvalue weighted by atomic mass is 9.82. The van der Waals surface area contributed by atoms with Gasteiger partial charge in [0.1, 0.15) is 5.82 Å². The van der Waals surface area contributed by atoms with Crippen LogP contribution in [0.25, 0.3) is 11.3 Å². The zero-order valence-corrected chi connectivity index (χ0v) is 17.8. The summed E-state index contributed by atoms with van der Waals surface area (Å²) in [5.41, 5.74) is 3.88. The second-order valence-electron chi connectivity index (χ2n) is 9.80. The predicted octanol–water partition coefficient (Wildman–Crippen LogP) is 6.89. The summed E-state index contributed by atoms with van der Waals surface area (Å²) in [5.74, 6) is 2.67. The third kappa shape index (κ3) is 4.45. The fourth-order valence-corrected chi connectivity index (χ4v) is 5.74. The van der Waals surface area contributed by atoms with Gasteiger partial charge in [0.25, 0.3) is 0 Å². The molecule has 3 saturated carbocycles. The molecule has 3 nitrogen and oxygen atoms in total. The molecule has 0 unspecified atom stereocenters. The number of H-pyrrole nitrogens is 1. The number of hydrogen-bond acceptors (Lipinski definition) is 2. The molecule has 3 fully saturated rings. The molecule has 156 valence electrons. The zero-order chi connectivity index (χ0) is 19.5. The number of nitrogens with zero attached hydrogens (tertiary/aromatic N) is 1. The van der Waals surface area contributed by atoms with E-state index in [1.54, 1.807) is 0 Å². The van der Waals surface area contributed by atoms with Crippen molar-refractivity contribution in [3.05, 3.63) is 41.9 Å². The van der Waals surface area contributed by atoms with E-state index in [1.165, 1.54) is 94.6 Å². The van der Waals surface area contributed by atoms with Crippen LogP contribution < -0.4 is 5.32 Å². The van der Waals surface area contributed by atoms with Gasteiger partial charge in [-0.2, -0.15) is 0 Å². The Kier molecular flexibility index (Phi) is 6.03. The molecule has 2 N–H and O–H groups in total. The lowest BCUT2D eigenvalue weighted by Gasteiger charge is -2.36. The Hall–Kier alpha value is -1.61. The first kappa shape index (κ1) is 19.4. The Bertz CT molecular complexity index is 762. The molecule has 1 aromatic heterocycles. The Morgan fingerprint density at radius 3 is 2.14 bits per heavy atom. The van der Waals surface area contributed by atoms with Crippen molar-refractivity contribution in [2.75, 3.05) is 0 Å². The number of hydrogen-bond donors (Lipinski definition) is 2. The number of rotatable bonds is 6. The van der Waals surface area contributed by atoms with Gasteiger partial charge in [0, 0.05) is 17.8 Å². The fraction of sp³-hybridized carbons (Fsp3) is 0.654. The van der Waals surface area contributed by atoms with Crippen LogP contribution in [-0.4, -0.2) is 16.0 Å². The summed E-state index contributed by atoms with van der Waals surface area (Å²) in [7, 11) is 0. The lowest BCUT2D eigenvalue weighted by Crippen LogP contribution is -2.41. The Labute approximate surface area is 176 Å². The molecule has 1 heterocycles. The van der Waals surface area contributed by atoms with E-state index in [0.717, 1.165) is 23.4 Å². The van der Waals surface area contributed by atoms with Crippen LogP contribution in [0.4, 0.5) is 0 Å². The van der Waals surface area contributed by atoms with Gasteiger partial charge in [0.15, 0.2) is 0 Å². The van der Waals surface area contributed by atoms with Gasteiger partial charge in [-0.3, -0.25) is 0 Å². The van der Waals surface area contributed by atoms with Gasteiger partial charge in [-0.05, 0) is 55.9 Å². The van der Waals surface area contributed by atoms with Crippen molar-refractivity contribution < 1.29 is 0 Å². The SMILES string of the molecule is c1cc(C2CCCCC2)ccc1-c1c[nH]c([C@@H](NC2CCC2)C2CCCCC2)n1. The van der Waals surface area contributed by atoms with Gasteiger partial charge < -0.3 is 10.3 Å². The summed E-state index contributed by atoms with van der Waals surface area (Å²) >= 11 is 0. The summed E-state index contributed by atoms with van der Waals surface area (Å²) in [5, 5.41) is 3.96. The molecule has 0 radical (unpaired) electrons. The van der Waals surface area contributed by atoms with E-state index in [1.807, 2.05) is 0 Å². The van der Waals surface area contributed by atoms with Gasteiger partial charge in [0.05, 0.1) is 11.7 Å². The maximum absolute atomic E-state index is 5.09. The maximum Gasteiger partial charge on any atom is 0.124 e. The van der Waals surface area contributed by atoms with E-state index in [9.17, 15) is 0 Å². The highest BCUT2D eigenvalue weighted by Gasteiger charge is 2.31. The van der Waals surface area contributed by atoms with Crippen LogP contribution in [0.5, 0.6) is 0 Å². The topological polar surface area (TPSA) is 40.7 Å². The van der Waals surface area contributed by atoms with Crippen molar-refractivity contribution in [3.63, 3.8) is 0 Å². The third-order valence-electron chi connectivity index (χ3n) is 7.82. The molecule has 0 amide bonds. The van der Waals surface area contributed by atoms with Crippen molar-refractivity contribution in [1.29, 1.82) is 0 Å². The van der Waals surface area contributed by atoms with Gasteiger partial charge >= 0.3 is 0 Å². The molecule has 29 heavy (non-hydrogen) atoms. The minimum absolute atomic E-state index is 0.399. The molecule has 0 spiro atoms. The average Bonchev–Trinajstić information content (AvgIpc) is 3.24. The van der Waals surface area contributed by atoms with Gasteiger partial charge in [-0.15, -0.1) is 0 Å². The summed E-state index contributed by atoms with van der Waals surface area (Å²) in [6.45, 7) is 0. The fourth-order valence-electron chi connectivity index (χ4n) is 5.74. The Morgan fingerprint density at radius 2 is 1.48 bits per heavy atom. The molecule has 1 aromatic carbocycles. The summed E-state index contributed by atoms with van der Waals surface area (Å²) in [4.78, 5) is 8.65. The number of aromatic nitrogens is 2. The number of imidazole rings is 1. The van der Waals surface area contributed by atoms with Gasteiger partial charge in [0.2, 0.25) is 0 Å². The molecule has 0 aliphatic heterocycles. The van der Waals surface area contributed by atoms with E-state index < -0.39 is 0 Å². The number of nitrogens with one attached hydrogen (secondary N) is 2. The Balaban J connectivity index is 1.32. The highest BCUT2D eigenvalue weighted by Crippen LogP contribution is 2.37. The Morgan fingerprint density at radius 1 is 0.793 bits per heavy atom. The van der Waals surface area contributed by atoms with Crippen LogP contribution in [0, 0.1) is 5.92 Å². The van der Waals surface area contributed by atoms with Crippen molar-refractivity contribution >= 4 is 0 Å². The van der Waals surface area contributed by atoms with E-state index in [2.05, 4.69) is 40.8 Å². The second kappa shape index (κ2) is 9.04. The molecule has 5 rings (SSSR count). The van der Waals surface area contributed by atoms with Crippen LogP contribution in [0.1, 0.15) is 107 Å². The molecule has 3 aliphatic rings. The molecule has 0 saturated heterocycles. The number of benzene rings is 1. The summed E-state index contributed by atoms with van der Waals surface area (Å²) in [6.07, 6.45) is 20.0. The van der Waals surface area contributed by atoms with Crippen LogP contribution in [-0.2, 0) is 0 Å². The smallest absolute Gasteiger partial charge is 0.124 e. The van der Waals surface area contributed by atoms with E-state index in [0.29, 0.717) is 12.1 Å². The maximum atomic E-state index is 5.09. The summed E-state index contributed by atoms with van der Waals surface area (Å²) in [6, 6.07) is 10.4. The molecule has 2 aromatic rings. The van der Waals surface area contributed by atoms with Crippen molar-refractivity contribution in [2.24, 2.45) is 5.92 Å². The minimum Gasteiger partial charge on any atom is -0.347 e. The molecule has 1 atom stereocenters. The first-order valence-corrected chi connectivity index (χ1v) is 12.3. The van der Waals surface area contributed by atoms with Gasteiger partial charge in [-0.1, -0.05) is 69.2 Å². The predicted molar refractivity (Wildman–Crippen MR) is 120 cm³/mol. The second-order valence-corrected chi connectivity index (χ2v) is 9.80. The standard InChI is InChI=1S/C26H37N3/c1-3-8-19(9-4-1)20-14-16-21(17-15-20)24-18-27-26(29-24)25(28-23-12-7-13-23)22-10-5-2-6-11-22/h14-19,22-23,25,28H,1-13H2,(H,27,29)/t25-/m0/s1. The van der Waals surface area contributed by atoms with Crippen molar-refractivity contribution in [2.45, 2.75) is 101 Å². The highest BCUT2D eigenvalue weighted by molar-refractivity contribution is 5.59. The van der Waals surface area contributed by atoms with Crippen molar-refractivity contribution in [3.8, 4) is 11.3 Å². The quantitative estimate of drug-likeness (QED) is 0.563. The van der Waals surface area contributed by atoms with E-state index in [-0.39, 0.29) is 0 Å². The lowest BCUT2D eigenvalue weighted by molar-refractivity contribution is 0.212.